The molecule has 3 heterocycles. The number of hydrogen-bond acceptors (Lipinski definition) is 3. The van der Waals surface area contributed by atoms with Gasteiger partial charge in [0.25, 0.3) is 0 Å². The molecule has 0 aliphatic rings. The van der Waals surface area contributed by atoms with Crippen LogP contribution in [-0.2, 0) is 0 Å². The van der Waals surface area contributed by atoms with Crippen LogP contribution >= 0.6 is 0 Å². The summed E-state index contributed by atoms with van der Waals surface area (Å²) in [5, 5.41) is 7.02. The minimum Gasteiger partial charge on any atom is -0.456 e. The van der Waals surface area contributed by atoms with Gasteiger partial charge in [-0.1, -0.05) is 152 Å². The van der Waals surface area contributed by atoms with Gasteiger partial charge in [-0.05, 0) is 169 Å². The van der Waals surface area contributed by atoms with Crippen LogP contribution < -0.4 is 9.80 Å². The Bertz CT molecular complexity index is 4620. The molecule has 0 saturated carbocycles. The number of nitrogens with zero attached hydrogens (tertiary/aromatic N) is 4. The summed E-state index contributed by atoms with van der Waals surface area (Å²) in [4.78, 5) is 4.69. The Kier molecular flexibility index (Phi) is 11.5. The fourth-order valence-corrected chi connectivity index (χ4v) is 11.6. The number of furan rings is 1. The molecule has 0 aliphatic heterocycles. The fraction of sp³-hybridized carbons (Fsp3) is 0.0137. The van der Waals surface area contributed by atoms with E-state index in [0.717, 1.165) is 95.2 Å². The van der Waals surface area contributed by atoms with E-state index < -0.39 is 0 Å². The molecule has 370 valence electrons. The molecule has 0 unspecified atom stereocenters. The fourth-order valence-electron chi connectivity index (χ4n) is 11.6. The second-order valence-electron chi connectivity index (χ2n) is 19.8. The second-order valence-corrected chi connectivity index (χ2v) is 19.8. The van der Waals surface area contributed by atoms with E-state index in [1.807, 2.05) is 12.2 Å². The molecule has 3 aromatic heterocycles. The summed E-state index contributed by atoms with van der Waals surface area (Å²) in [6.07, 6.45) is 7.94. The van der Waals surface area contributed by atoms with E-state index in [4.69, 9.17) is 4.42 Å². The smallest absolute Gasteiger partial charge is 0.135 e. The van der Waals surface area contributed by atoms with Crippen LogP contribution in [0.2, 0.25) is 0 Å². The first kappa shape index (κ1) is 46.2. The maximum atomic E-state index is 6.48. The zero-order chi connectivity index (χ0) is 52.1. The van der Waals surface area contributed by atoms with Crippen molar-refractivity contribution in [1.29, 1.82) is 0 Å². The Hall–Kier alpha value is -10.4. The first-order valence-electron chi connectivity index (χ1n) is 26.5. The number of hydrogen-bond donors (Lipinski definition) is 0. The van der Waals surface area contributed by atoms with E-state index in [9.17, 15) is 0 Å². The number of anilines is 6. The zero-order valence-corrected chi connectivity index (χ0v) is 43.0. The van der Waals surface area contributed by atoms with Crippen molar-refractivity contribution in [2.45, 2.75) is 6.92 Å². The molecular formula is C73H52N4O. The lowest BCUT2D eigenvalue weighted by Gasteiger charge is -2.26. The molecule has 14 rings (SSSR count). The Balaban J connectivity index is 0.785. The Labute approximate surface area is 453 Å². The van der Waals surface area contributed by atoms with Crippen LogP contribution in [-0.4, -0.2) is 9.13 Å². The maximum absolute atomic E-state index is 6.48. The number of allylic oxidation sites excluding steroid dienone is 5. The SMILES string of the molecule is C=C/C=C\C=C(/C)n1c2ccccc2c2cc(N(c3ccccc3)c3ccc(-c4ccc5oc6ccc(-c7ccc(N(c8ccccc8)c8ccc9c(c8)c8ccccc8n9-c8ccccc8)cc7)cc6c5c4)cc3)ccc21. The molecule has 5 heteroatoms. The summed E-state index contributed by atoms with van der Waals surface area (Å²) in [6, 6.07) is 93.9. The summed E-state index contributed by atoms with van der Waals surface area (Å²) < 4.78 is 11.2. The highest BCUT2D eigenvalue weighted by Crippen LogP contribution is 2.43. The molecule has 78 heavy (non-hydrogen) atoms. The van der Waals surface area contributed by atoms with Gasteiger partial charge in [0.05, 0.1) is 22.1 Å². The van der Waals surface area contributed by atoms with Crippen molar-refractivity contribution in [1.82, 2.24) is 9.13 Å². The van der Waals surface area contributed by atoms with Gasteiger partial charge in [0, 0.05) is 77.8 Å². The van der Waals surface area contributed by atoms with Crippen LogP contribution in [0.5, 0.6) is 0 Å². The summed E-state index contributed by atoms with van der Waals surface area (Å²) in [7, 11) is 0. The normalized spacial score (nSPS) is 12.0. The predicted octanol–water partition coefficient (Wildman–Crippen LogP) is 20.7. The quantitative estimate of drug-likeness (QED) is 0.114. The molecule has 14 aromatic rings. The van der Waals surface area contributed by atoms with E-state index >= 15 is 0 Å². The minimum atomic E-state index is 0.867. The molecule has 5 nitrogen and oxygen atoms in total. The molecule has 0 N–H and O–H groups in total. The van der Waals surface area contributed by atoms with Gasteiger partial charge in [-0.25, -0.2) is 0 Å². The summed E-state index contributed by atoms with van der Waals surface area (Å²) in [6.45, 7) is 6.00. The van der Waals surface area contributed by atoms with Crippen molar-refractivity contribution in [3.05, 3.63) is 292 Å². The molecule has 0 fully saturated rings. The van der Waals surface area contributed by atoms with Crippen molar-refractivity contribution < 1.29 is 4.42 Å². The van der Waals surface area contributed by atoms with E-state index in [1.165, 1.54) is 38.1 Å². The number of fused-ring (bicyclic) bond motifs is 9. The highest BCUT2D eigenvalue weighted by atomic mass is 16.3. The summed E-state index contributed by atoms with van der Waals surface area (Å²) in [5.41, 5.74) is 19.8. The van der Waals surface area contributed by atoms with Gasteiger partial charge in [-0.2, -0.15) is 0 Å². The predicted molar refractivity (Wildman–Crippen MR) is 331 cm³/mol. The molecule has 11 aromatic carbocycles. The van der Waals surface area contributed by atoms with Gasteiger partial charge in [0.1, 0.15) is 11.2 Å². The van der Waals surface area contributed by atoms with Gasteiger partial charge in [0.2, 0.25) is 0 Å². The van der Waals surface area contributed by atoms with E-state index in [-0.39, 0.29) is 0 Å². The van der Waals surface area contributed by atoms with Crippen LogP contribution in [0, 0.1) is 0 Å². The molecule has 0 aliphatic carbocycles. The number of benzene rings is 11. The molecule has 0 amide bonds. The van der Waals surface area contributed by atoms with E-state index in [1.54, 1.807) is 6.08 Å². The molecule has 0 bridgehead atoms. The topological polar surface area (TPSA) is 29.5 Å². The van der Waals surface area contributed by atoms with Crippen molar-refractivity contribution in [3.8, 4) is 27.9 Å². The molecule has 0 atom stereocenters. The van der Waals surface area contributed by atoms with Gasteiger partial charge in [-0.3, -0.25) is 0 Å². The number of para-hydroxylation sites is 5. The van der Waals surface area contributed by atoms with Crippen molar-refractivity contribution >= 4 is 105 Å². The Morgan fingerprint density at radius 3 is 1.32 bits per heavy atom. The van der Waals surface area contributed by atoms with Gasteiger partial charge in [0.15, 0.2) is 0 Å². The maximum Gasteiger partial charge on any atom is 0.135 e. The molecule has 0 saturated heterocycles. The van der Waals surface area contributed by atoms with Crippen LogP contribution in [0.3, 0.4) is 0 Å². The third kappa shape index (κ3) is 8.04. The van der Waals surface area contributed by atoms with Gasteiger partial charge < -0.3 is 23.4 Å². The lowest BCUT2D eigenvalue weighted by atomic mass is 9.99. The Morgan fingerprint density at radius 1 is 0.359 bits per heavy atom. The van der Waals surface area contributed by atoms with E-state index in [0.29, 0.717) is 0 Å². The van der Waals surface area contributed by atoms with Gasteiger partial charge in [-0.15, -0.1) is 0 Å². The first-order chi connectivity index (χ1) is 38.6. The molecule has 0 spiro atoms. The highest BCUT2D eigenvalue weighted by Gasteiger charge is 2.20. The van der Waals surface area contributed by atoms with Crippen molar-refractivity contribution in [3.63, 3.8) is 0 Å². The second kappa shape index (κ2) is 19.4. The Morgan fingerprint density at radius 2 is 0.769 bits per heavy atom. The van der Waals surface area contributed by atoms with Crippen LogP contribution in [0.1, 0.15) is 6.92 Å². The van der Waals surface area contributed by atoms with Crippen molar-refractivity contribution in [2.75, 3.05) is 9.80 Å². The average molecular weight is 1000 g/mol. The third-order valence-corrected chi connectivity index (χ3v) is 15.2. The van der Waals surface area contributed by atoms with Crippen molar-refractivity contribution in [2.24, 2.45) is 0 Å². The minimum absolute atomic E-state index is 0.867. The lowest BCUT2D eigenvalue weighted by molar-refractivity contribution is 0.669. The summed E-state index contributed by atoms with van der Waals surface area (Å²) >= 11 is 0. The standard InChI is InChI=1S/C73H52N4O/c1-3-4-8-19-50(2)74-68-28-17-15-26-62(68)64-48-60(40-42-70(64)74)75(55-20-9-5-10-21-55)58-36-30-51(31-37-58)53-34-44-72-66(46-53)67-47-54(35-45-73(67)78-72)52-32-38-59(39-33-52)76(56-22-11-6-12-23-56)61-41-43-71-65(49-61)63-27-16-18-29-69(63)77(71)57-24-13-7-14-25-57/h3-49H,1H2,2H3/b8-4-,50-19+. The molecular weight excluding hydrogens is 949 g/mol. The van der Waals surface area contributed by atoms with Crippen LogP contribution in [0.25, 0.3) is 99.2 Å². The lowest BCUT2D eigenvalue weighted by Crippen LogP contribution is -2.09. The largest absolute Gasteiger partial charge is 0.456 e. The monoisotopic (exact) mass is 1000 g/mol. The first-order valence-corrected chi connectivity index (χ1v) is 26.5. The average Bonchev–Trinajstić information content (AvgIpc) is 4.22. The third-order valence-electron chi connectivity index (χ3n) is 15.2. The number of aromatic nitrogens is 2. The van der Waals surface area contributed by atoms with Crippen LogP contribution in [0.4, 0.5) is 34.1 Å². The van der Waals surface area contributed by atoms with E-state index in [2.05, 4.69) is 299 Å². The van der Waals surface area contributed by atoms with Gasteiger partial charge >= 0.3 is 0 Å². The zero-order valence-electron chi connectivity index (χ0n) is 43.0. The molecule has 0 radical (unpaired) electrons. The highest BCUT2D eigenvalue weighted by molar-refractivity contribution is 6.13. The van der Waals surface area contributed by atoms with Crippen LogP contribution in [0.15, 0.2) is 296 Å². The summed E-state index contributed by atoms with van der Waals surface area (Å²) in [5.74, 6) is 0. The number of rotatable bonds is 12.